The van der Waals surface area contributed by atoms with Crippen molar-refractivity contribution in [2.75, 3.05) is 0 Å². The number of carbonyl (C=O) groups excluding carboxylic acids is 3. The molecule has 2 unspecified atom stereocenters. The average Bonchev–Trinajstić information content (AvgIpc) is 2.92. The minimum atomic E-state index is -0.245. The lowest BCUT2D eigenvalue weighted by Crippen LogP contribution is -2.57. The van der Waals surface area contributed by atoms with E-state index in [4.69, 9.17) is 9.47 Å². The molecule has 0 aromatic carbocycles. The van der Waals surface area contributed by atoms with E-state index in [1.165, 1.54) is 13.8 Å². The van der Waals surface area contributed by atoms with Crippen LogP contribution in [0.1, 0.15) is 79.1 Å². The summed E-state index contributed by atoms with van der Waals surface area (Å²) in [5, 5.41) is 0. The van der Waals surface area contributed by atoms with Gasteiger partial charge in [0, 0.05) is 31.6 Å². The van der Waals surface area contributed by atoms with Crippen molar-refractivity contribution in [2.45, 2.75) is 91.3 Å². The molecule has 0 radical (unpaired) electrons. The van der Waals surface area contributed by atoms with Gasteiger partial charge in [-0.1, -0.05) is 13.8 Å². The van der Waals surface area contributed by atoms with Crippen LogP contribution in [0, 0.1) is 34.5 Å². The van der Waals surface area contributed by atoms with Crippen molar-refractivity contribution in [3.8, 4) is 0 Å². The molecule has 4 aliphatic carbocycles. The highest BCUT2D eigenvalue weighted by atomic mass is 16.5. The van der Waals surface area contributed by atoms with E-state index in [1.807, 2.05) is 0 Å². The van der Waals surface area contributed by atoms with Crippen LogP contribution in [0.3, 0.4) is 0 Å². The van der Waals surface area contributed by atoms with E-state index in [2.05, 4.69) is 13.8 Å². The molecule has 0 aromatic heterocycles. The predicted molar refractivity (Wildman–Crippen MR) is 103 cm³/mol. The number of fused-ring (bicyclic) bond motifs is 5. The smallest absolute Gasteiger partial charge is 0.302 e. The van der Waals surface area contributed by atoms with Crippen LogP contribution in [0.5, 0.6) is 0 Å². The highest BCUT2D eigenvalue weighted by Crippen LogP contribution is 2.66. The summed E-state index contributed by atoms with van der Waals surface area (Å²) < 4.78 is 11.2. The Balaban J connectivity index is 1.56. The quantitative estimate of drug-likeness (QED) is 0.665. The Labute approximate surface area is 167 Å². The highest BCUT2D eigenvalue weighted by Gasteiger charge is 2.63. The maximum atomic E-state index is 13.2. The molecular weight excluding hydrogens is 356 g/mol. The molecule has 5 heteroatoms. The van der Waals surface area contributed by atoms with Gasteiger partial charge in [0.05, 0.1) is 0 Å². The second-order valence-electron chi connectivity index (χ2n) is 10.3. The van der Waals surface area contributed by atoms with Crippen molar-refractivity contribution in [2.24, 2.45) is 34.5 Å². The van der Waals surface area contributed by atoms with E-state index in [9.17, 15) is 14.4 Å². The third-order valence-electron chi connectivity index (χ3n) is 8.96. The molecule has 0 spiro atoms. The van der Waals surface area contributed by atoms with Gasteiger partial charge in [-0.15, -0.1) is 0 Å². The van der Waals surface area contributed by atoms with Gasteiger partial charge in [0.1, 0.15) is 18.0 Å². The zero-order valence-corrected chi connectivity index (χ0v) is 17.7. The second-order valence-corrected chi connectivity index (χ2v) is 10.3. The molecule has 8 atom stereocenters. The lowest BCUT2D eigenvalue weighted by Gasteiger charge is -2.59. The summed E-state index contributed by atoms with van der Waals surface area (Å²) in [6.07, 6.45) is 7.20. The number of esters is 2. The summed E-state index contributed by atoms with van der Waals surface area (Å²) in [7, 11) is 0. The van der Waals surface area contributed by atoms with E-state index in [-0.39, 0.29) is 40.9 Å². The van der Waals surface area contributed by atoms with Crippen molar-refractivity contribution in [3.63, 3.8) is 0 Å². The topological polar surface area (TPSA) is 69.7 Å². The molecular formula is C23H34O5. The van der Waals surface area contributed by atoms with Crippen molar-refractivity contribution in [3.05, 3.63) is 0 Å². The predicted octanol–water partition coefficient (Wildman–Crippen LogP) is 4.07. The van der Waals surface area contributed by atoms with Gasteiger partial charge in [-0.25, -0.2) is 0 Å². The standard InChI is InChI=1S/C23H34O5/c1-13(24)27-15-7-9-22(3)18-8-10-23(4)17(5-6-21(23)28-14(2)25)16(18)12-20(26)19(22)11-15/h15-19,21H,5-12H2,1-4H3/t15?,16-,17-,18-,19+,21?,22+,23-/m0/s1. The Morgan fingerprint density at radius 1 is 0.893 bits per heavy atom. The van der Waals surface area contributed by atoms with Crippen molar-refractivity contribution >= 4 is 17.7 Å². The maximum Gasteiger partial charge on any atom is 0.302 e. The maximum absolute atomic E-state index is 13.2. The molecule has 28 heavy (non-hydrogen) atoms. The van der Waals surface area contributed by atoms with Gasteiger partial charge in [-0.05, 0) is 68.1 Å². The monoisotopic (exact) mass is 390 g/mol. The number of ether oxygens (including phenoxy) is 2. The Morgan fingerprint density at radius 3 is 2.21 bits per heavy atom. The van der Waals surface area contributed by atoms with Crippen molar-refractivity contribution in [1.29, 1.82) is 0 Å². The van der Waals surface area contributed by atoms with Crippen LogP contribution in [0.4, 0.5) is 0 Å². The van der Waals surface area contributed by atoms with Gasteiger partial charge in [-0.2, -0.15) is 0 Å². The number of Topliss-reactive ketones (excluding diaryl/α,β-unsaturated/α-hetero) is 1. The summed E-state index contributed by atoms with van der Waals surface area (Å²) in [6, 6.07) is 0. The highest BCUT2D eigenvalue weighted by molar-refractivity contribution is 5.83. The minimum absolute atomic E-state index is 0.00344. The summed E-state index contributed by atoms with van der Waals surface area (Å²) >= 11 is 0. The molecule has 0 amide bonds. The van der Waals surface area contributed by atoms with Crippen LogP contribution in [0.25, 0.3) is 0 Å². The fraction of sp³-hybridized carbons (Fsp3) is 0.870. The second kappa shape index (κ2) is 6.84. The van der Waals surface area contributed by atoms with Gasteiger partial charge in [0.15, 0.2) is 0 Å². The minimum Gasteiger partial charge on any atom is -0.463 e. The number of rotatable bonds is 2. The summed E-state index contributed by atoms with van der Waals surface area (Å²) in [5.41, 5.74) is 0.0166. The fourth-order valence-corrected chi connectivity index (χ4v) is 7.69. The fourth-order valence-electron chi connectivity index (χ4n) is 7.69. The van der Waals surface area contributed by atoms with Crippen LogP contribution in [-0.2, 0) is 23.9 Å². The van der Waals surface area contributed by atoms with E-state index >= 15 is 0 Å². The molecule has 0 aliphatic heterocycles. The third-order valence-corrected chi connectivity index (χ3v) is 8.96. The van der Waals surface area contributed by atoms with E-state index in [0.717, 1.165) is 38.5 Å². The number of ketones is 1. The van der Waals surface area contributed by atoms with Crippen molar-refractivity contribution < 1.29 is 23.9 Å². The van der Waals surface area contributed by atoms with Crippen LogP contribution in [-0.4, -0.2) is 29.9 Å². The molecule has 4 aliphatic rings. The number of hydrogen-bond acceptors (Lipinski definition) is 5. The van der Waals surface area contributed by atoms with Crippen LogP contribution >= 0.6 is 0 Å². The first-order valence-electron chi connectivity index (χ1n) is 11.0. The number of hydrogen-bond donors (Lipinski definition) is 0. The van der Waals surface area contributed by atoms with Crippen LogP contribution < -0.4 is 0 Å². The largest absolute Gasteiger partial charge is 0.463 e. The summed E-state index contributed by atoms with van der Waals surface area (Å²) in [4.78, 5) is 36.2. The van der Waals surface area contributed by atoms with E-state index in [1.54, 1.807) is 0 Å². The summed E-state index contributed by atoms with van der Waals surface area (Å²) in [5.74, 6) is 1.35. The zero-order chi connectivity index (χ0) is 20.3. The molecule has 5 nitrogen and oxygen atoms in total. The molecule has 4 fully saturated rings. The SMILES string of the molecule is CC(=O)OC1CC[C@@]2(C)[C@H](C1)C(=O)C[C@@H]1[C@@H]2CC[C@]2(C)C(OC(C)=O)CC[C@@H]12. The summed E-state index contributed by atoms with van der Waals surface area (Å²) in [6.45, 7) is 7.55. The van der Waals surface area contributed by atoms with Crippen LogP contribution in [0.2, 0.25) is 0 Å². The molecule has 0 N–H and O–H groups in total. The first-order chi connectivity index (χ1) is 13.1. The molecule has 0 heterocycles. The lowest BCUT2D eigenvalue weighted by atomic mass is 9.45. The molecule has 4 saturated carbocycles. The van der Waals surface area contributed by atoms with E-state index < -0.39 is 0 Å². The normalized spacial score (nSPS) is 47.5. The molecule has 0 saturated heterocycles. The third kappa shape index (κ3) is 3.00. The molecule has 156 valence electrons. The van der Waals surface area contributed by atoms with Gasteiger partial charge in [-0.3, -0.25) is 14.4 Å². The van der Waals surface area contributed by atoms with Gasteiger partial charge in [0.25, 0.3) is 0 Å². The number of carbonyl (C=O) groups is 3. The Kier molecular flexibility index (Phi) is 4.86. The molecule has 0 bridgehead atoms. The first kappa shape index (κ1) is 19.9. The average molecular weight is 391 g/mol. The first-order valence-corrected chi connectivity index (χ1v) is 11.0. The van der Waals surface area contributed by atoms with Crippen molar-refractivity contribution in [1.82, 2.24) is 0 Å². The Bertz CT molecular complexity index is 686. The molecule has 4 rings (SSSR count). The lowest BCUT2D eigenvalue weighted by molar-refractivity contribution is -0.174. The van der Waals surface area contributed by atoms with Gasteiger partial charge < -0.3 is 9.47 Å². The van der Waals surface area contributed by atoms with Gasteiger partial charge in [0.2, 0.25) is 0 Å². The van der Waals surface area contributed by atoms with Crippen LogP contribution in [0.15, 0.2) is 0 Å². The Hall–Kier alpha value is -1.39. The molecule has 0 aromatic rings. The Morgan fingerprint density at radius 2 is 1.54 bits per heavy atom. The van der Waals surface area contributed by atoms with E-state index in [0.29, 0.717) is 36.4 Å². The zero-order valence-electron chi connectivity index (χ0n) is 17.7. The van der Waals surface area contributed by atoms with Gasteiger partial charge >= 0.3 is 11.9 Å².